The fraction of sp³-hybridized carbons (Fsp3) is 0.263. The molecule has 1 aliphatic rings. The van der Waals surface area contributed by atoms with Crippen LogP contribution in [0.2, 0.25) is 0 Å². The lowest BCUT2D eigenvalue weighted by Gasteiger charge is -2.27. The molecular formula is C19H18BrN3O2. The predicted octanol–water partition coefficient (Wildman–Crippen LogP) is 3.59. The topological polar surface area (TPSA) is 55.6 Å². The van der Waals surface area contributed by atoms with Crippen LogP contribution < -0.4 is 10.1 Å². The molecule has 0 bridgehead atoms. The van der Waals surface area contributed by atoms with E-state index in [1.165, 1.54) is 0 Å². The van der Waals surface area contributed by atoms with E-state index in [-0.39, 0.29) is 18.4 Å². The Morgan fingerprint density at radius 1 is 1.40 bits per heavy atom. The van der Waals surface area contributed by atoms with Crippen LogP contribution in [-0.4, -0.2) is 21.9 Å². The van der Waals surface area contributed by atoms with Crippen LogP contribution in [0.5, 0.6) is 5.75 Å². The fourth-order valence-electron chi connectivity index (χ4n) is 3.21. The number of carbonyl (C=O) groups is 1. The second-order valence-corrected chi connectivity index (χ2v) is 7.22. The van der Waals surface area contributed by atoms with Gasteiger partial charge in [0.25, 0.3) is 0 Å². The van der Waals surface area contributed by atoms with Gasteiger partial charge in [0.15, 0.2) is 0 Å². The van der Waals surface area contributed by atoms with Crippen LogP contribution in [0.1, 0.15) is 29.3 Å². The number of carbonyl (C=O) groups excluding carboxylic acids is 1. The molecule has 0 spiro atoms. The predicted molar refractivity (Wildman–Crippen MR) is 98.8 cm³/mol. The molecule has 5 nitrogen and oxygen atoms in total. The maximum absolute atomic E-state index is 12.6. The number of rotatable bonds is 3. The number of pyridine rings is 1. The minimum Gasteiger partial charge on any atom is -0.493 e. The van der Waals surface area contributed by atoms with Gasteiger partial charge in [0.2, 0.25) is 5.91 Å². The second kappa shape index (κ2) is 6.52. The number of aryl methyl sites for hydroxylation is 1. The number of halogens is 1. The smallest absolute Gasteiger partial charge is 0.226 e. The zero-order chi connectivity index (χ0) is 17.4. The molecule has 1 unspecified atom stereocenters. The van der Waals surface area contributed by atoms with E-state index in [9.17, 15) is 4.79 Å². The largest absolute Gasteiger partial charge is 0.493 e. The number of imidazole rings is 1. The summed E-state index contributed by atoms with van der Waals surface area (Å²) in [7, 11) is 0. The van der Waals surface area contributed by atoms with Crippen LogP contribution in [0.25, 0.3) is 5.65 Å². The summed E-state index contributed by atoms with van der Waals surface area (Å²) in [5.74, 6) is 0.849. The molecule has 128 valence electrons. The highest BCUT2D eigenvalue weighted by Crippen LogP contribution is 2.32. The molecule has 0 radical (unpaired) electrons. The van der Waals surface area contributed by atoms with Gasteiger partial charge in [0.1, 0.15) is 11.4 Å². The number of benzene rings is 1. The number of nitrogens with one attached hydrogen (secondary N) is 1. The first kappa shape index (κ1) is 16.1. The molecule has 1 N–H and O–H groups in total. The van der Waals surface area contributed by atoms with Gasteiger partial charge in [-0.05, 0) is 41.1 Å². The van der Waals surface area contributed by atoms with Gasteiger partial charge in [-0.3, -0.25) is 4.79 Å². The van der Waals surface area contributed by atoms with Crippen LogP contribution in [0.4, 0.5) is 0 Å². The van der Waals surface area contributed by atoms with Gasteiger partial charge < -0.3 is 14.5 Å². The first-order valence-corrected chi connectivity index (χ1v) is 9.03. The Hall–Kier alpha value is -2.34. The van der Waals surface area contributed by atoms with E-state index < -0.39 is 0 Å². The Morgan fingerprint density at radius 2 is 2.28 bits per heavy atom. The summed E-state index contributed by atoms with van der Waals surface area (Å²) >= 11 is 3.46. The molecule has 0 fully saturated rings. The van der Waals surface area contributed by atoms with E-state index in [0.29, 0.717) is 6.61 Å². The number of nitrogens with zero attached hydrogens (tertiary/aromatic N) is 2. The van der Waals surface area contributed by atoms with E-state index in [1.807, 2.05) is 41.8 Å². The number of hydrogen-bond donors (Lipinski definition) is 1. The van der Waals surface area contributed by atoms with Gasteiger partial charge in [-0.2, -0.15) is 0 Å². The molecule has 3 heterocycles. The lowest BCUT2D eigenvalue weighted by atomic mass is 9.98. The summed E-state index contributed by atoms with van der Waals surface area (Å²) in [5, 5.41) is 3.15. The Labute approximate surface area is 154 Å². The van der Waals surface area contributed by atoms with Gasteiger partial charge in [-0.15, -0.1) is 0 Å². The summed E-state index contributed by atoms with van der Waals surface area (Å²) in [5.41, 5.74) is 3.92. The Balaban J connectivity index is 1.53. The van der Waals surface area contributed by atoms with Crippen molar-refractivity contribution in [3.63, 3.8) is 0 Å². The molecule has 1 aliphatic heterocycles. The molecule has 3 aromatic rings. The van der Waals surface area contributed by atoms with Crippen molar-refractivity contribution in [3.05, 3.63) is 64.0 Å². The molecule has 0 saturated carbocycles. The van der Waals surface area contributed by atoms with Crippen molar-refractivity contribution in [2.75, 3.05) is 6.61 Å². The highest BCUT2D eigenvalue weighted by Gasteiger charge is 2.23. The number of ether oxygens (including phenoxy) is 1. The summed E-state index contributed by atoms with van der Waals surface area (Å²) in [4.78, 5) is 16.9. The molecule has 1 aromatic carbocycles. The third-order valence-electron chi connectivity index (χ3n) is 4.43. The highest BCUT2D eigenvalue weighted by atomic mass is 79.9. The Kier molecular flexibility index (Phi) is 4.21. The van der Waals surface area contributed by atoms with E-state index in [4.69, 9.17) is 4.74 Å². The van der Waals surface area contributed by atoms with Crippen LogP contribution in [-0.2, 0) is 11.2 Å². The summed E-state index contributed by atoms with van der Waals surface area (Å²) in [6, 6.07) is 9.94. The maximum Gasteiger partial charge on any atom is 0.226 e. The van der Waals surface area contributed by atoms with Crippen molar-refractivity contribution in [2.24, 2.45) is 0 Å². The van der Waals surface area contributed by atoms with Crippen LogP contribution in [0.3, 0.4) is 0 Å². The van der Waals surface area contributed by atoms with Crippen LogP contribution in [0, 0.1) is 6.92 Å². The average Bonchev–Trinajstić information content (AvgIpc) is 2.97. The molecule has 2 aromatic heterocycles. The molecular weight excluding hydrogens is 382 g/mol. The van der Waals surface area contributed by atoms with Gasteiger partial charge in [-0.25, -0.2) is 4.98 Å². The van der Waals surface area contributed by atoms with Gasteiger partial charge in [0.05, 0.1) is 24.8 Å². The summed E-state index contributed by atoms with van der Waals surface area (Å²) in [6.45, 7) is 2.66. The van der Waals surface area contributed by atoms with Crippen molar-refractivity contribution in [3.8, 4) is 5.75 Å². The molecule has 6 heteroatoms. The van der Waals surface area contributed by atoms with Crippen molar-refractivity contribution in [1.29, 1.82) is 0 Å². The van der Waals surface area contributed by atoms with Gasteiger partial charge >= 0.3 is 0 Å². The van der Waals surface area contributed by atoms with Gasteiger partial charge in [-0.1, -0.05) is 17.7 Å². The zero-order valence-electron chi connectivity index (χ0n) is 13.8. The quantitative estimate of drug-likeness (QED) is 0.731. The SMILES string of the molecule is Cc1ccc2c(c1)C(NC(=O)Cc1cnc3ccc(Br)cn13)CCO2. The van der Waals surface area contributed by atoms with Crippen molar-refractivity contribution >= 4 is 27.5 Å². The second-order valence-electron chi connectivity index (χ2n) is 6.30. The van der Waals surface area contributed by atoms with E-state index in [2.05, 4.69) is 32.3 Å². The first-order chi connectivity index (χ1) is 12.1. The average molecular weight is 400 g/mol. The van der Waals surface area contributed by atoms with Crippen molar-refractivity contribution in [1.82, 2.24) is 14.7 Å². The summed E-state index contributed by atoms with van der Waals surface area (Å²) in [6.07, 6.45) is 4.75. The molecule has 0 saturated heterocycles. The Bertz CT molecular complexity index is 951. The van der Waals surface area contributed by atoms with Crippen LogP contribution >= 0.6 is 15.9 Å². The maximum atomic E-state index is 12.6. The van der Waals surface area contributed by atoms with E-state index in [1.54, 1.807) is 6.20 Å². The van der Waals surface area contributed by atoms with E-state index in [0.717, 1.165) is 39.1 Å². The van der Waals surface area contributed by atoms with Crippen LogP contribution in [0.15, 0.2) is 47.2 Å². The minimum atomic E-state index is -0.0128. The lowest BCUT2D eigenvalue weighted by Crippen LogP contribution is -2.33. The minimum absolute atomic E-state index is 0.0120. The third-order valence-corrected chi connectivity index (χ3v) is 4.90. The molecule has 25 heavy (non-hydrogen) atoms. The Morgan fingerprint density at radius 3 is 3.16 bits per heavy atom. The standard InChI is InChI=1S/C19H18BrN3O2/c1-12-2-4-17-15(8-12)16(6-7-25-17)22-19(24)9-14-10-21-18-5-3-13(20)11-23(14)18/h2-5,8,10-11,16H,6-7,9H2,1H3,(H,22,24). The summed E-state index contributed by atoms with van der Waals surface area (Å²) < 4.78 is 8.58. The first-order valence-electron chi connectivity index (χ1n) is 8.24. The normalized spacial score (nSPS) is 16.3. The number of amides is 1. The zero-order valence-corrected chi connectivity index (χ0v) is 15.4. The van der Waals surface area contributed by atoms with Crippen molar-refractivity contribution < 1.29 is 9.53 Å². The third kappa shape index (κ3) is 3.26. The molecule has 1 amide bonds. The number of fused-ring (bicyclic) bond motifs is 2. The molecule has 4 rings (SSSR count). The molecule has 0 aliphatic carbocycles. The van der Waals surface area contributed by atoms with Crippen molar-refractivity contribution in [2.45, 2.75) is 25.8 Å². The fourth-order valence-corrected chi connectivity index (χ4v) is 3.55. The number of hydrogen-bond acceptors (Lipinski definition) is 3. The lowest BCUT2D eigenvalue weighted by molar-refractivity contribution is -0.121. The highest BCUT2D eigenvalue weighted by molar-refractivity contribution is 9.10. The monoisotopic (exact) mass is 399 g/mol. The van der Waals surface area contributed by atoms with E-state index >= 15 is 0 Å². The number of aromatic nitrogens is 2. The molecule has 1 atom stereocenters. The van der Waals surface area contributed by atoms with Gasteiger partial charge in [0, 0.05) is 28.9 Å².